The van der Waals surface area contributed by atoms with Crippen LogP contribution >= 0.6 is 0 Å². The fourth-order valence-electron chi connectivity index (χ4n) is 1.88. The van der Waals surface area contributed by atoms with Crippen molar-refractivity contribution < 1.29 is 18.4 Å². The Balaban J connectivity index is 2.51. The van der Waals surface area contributed by atoms with Gasteiger partial charge in [-0.3, -0.25) is 14.5 Å². The van der Waals surface area contributed by atoms with Crippen molar-refractivity contribution in [3.8, 4) is 0 Å². The van der Waals surface area contributed by atoms with Gasteiger partial charge < -0.3 is 5.32 Å². The maximum atomic E-state index is 13.9. The van der Waals surface area contributed by atoms with Crippen LogP contribution in [-0.4, -0.2) is 24.4 Å². The lowest BCUT2D eigenvalue weighted by atomic mass is 10.1. The van der Waals surface area contributed by atoms with E-state index in [-0.39, 0.29) is 12.1 Å². The molecule has 1 aromatic rings. The zero-order chi connectivity index (χ0) is 13.4. The predicted molar refractivity (Wildman–Crippen MR) is 61.1 cm³/mol. The summed E-state index contributed by atoms with van der Waals surface area (Å²) < 4.78 is 27.6. The standard InChI is InChI=1S/C12H12F2N2O2/c1-6-3-4-8(13)11(10(6)14)16-5-9(17)15-7(2)12(16)18/h3-4,7H,5H2,1-2H3,(H,15,17). The van der Waals surface area contributed by atoms with Crippen LogP contribution in [0, 0.1) is 18.6 Å². The lowest BCUT2D eigenvalue weighted by molar-refractivity contribution is -0.130. The number of anilines is 1. The molecule has 1 unspecified atom stereocenters. The highest BCUT2D eigenvalue weighted by atomic mass is 19.1. The van der Waals surface area contributed by atoms with Gasteiger partial charge in [0.05, 0.1) is 0 Å². The van der Waals surface area contributed by atoms with E-state index in [0.717, 1.165) is 11.0 Å². The van der Waals surface area contributed by atoms with Crippen LogP contribution in [0.4, 0.5) is 14.5 Å². The number of aryl methyl sites for hydroxylation is 1. The lowest BCUT2D eigenvalue weighted by Gasteiger charge is -2.31. The molecule has 1 heterocycles. The molecule has 2 rings (SSSR count). The van der Waals surface area contributed by atoms with Crippen molar-refractivity contribution in [1.29, 1.82) is 0 Å². The molecule has 1 aromatic carbocycles. The van der Waals surface area contributed by atoms with Gasteiger partial charge in [0.15, 0.2) is 5.82 Å². The van der Waals surface area contributed by atoms with E-state index in [9.17, 15) is 18.4 Å². The van der Waals surface area contributed by atoms with E-state index in [0.29, 0.717) is 0 Å². The summed E-state index contributed by atoms with van der Waals surface area (Å²) in [5.74, 6) is -2.64. The number of piperazine rings is 1. The quantitative estimate of drug-likeness (QED) is 0.816. The Hall–Kier alpha value is -1.98. The summed E-state index contributed by atoms with van der Waals surface area (Å²) >= 11 is 0. The molecule has 1 aliphatic heterocycles. The summed E-state index contributed by atoms with van der Waals surface area (Å²) in [4.78, 5) is 24.1. The van der Waals surface area contributed by atoms with Crippen LogP contribution < -0.4 is 10.2 Å². The van der Waals surface area contributed by atoms with Gasteiger partial charge in [-0.15, -0.1) is 0 Å². The third-order valence-electron chi connectivity index (χ3n) is 2.85. The maximum absolute atomic E-state index is 13.9. The van der Waals surface area contributed by atoms with E-state index in [4.69, 9.17) is 0 Å². The smallest absolute Gasteiger partial charge is 0.249 e. The maximum Gasteiger partial charge on any atom is 0.249 e. The Morgan fingerprint density at radius 2 is 2.00 bits per heavy atom. The highest BCUT2D eigenvalue weighted by Crippen LogP contribution is 2.27. The normalized spacial score (nSPS) is 20.0. The van der Waals surface area contributed by atoms with Gasteiger partial charge in [-0.05, 0) is 25.5 Å². The number of carbonyl (C=O) groups excluding carboxylic acids is 2. The fraction of sp³-hybridized carbons (Fsp3) is 0.333. The van der Waals surface area contributed by atoms with Crippen molar-refractivity contribution in [2.45, 2.75) is 19.9 Å². The topological polar surface area (TPSA) is 49.4 Å². The minimum atomic E-state index is -0.853. The Bertz CT molecular complexity index is 531. The van der Waals surface area contributed by atoms with Crippen LogP contribution in [-0.2, 0) is 9.59 Å². The molecule has 0 spiro atoms. The fourth-order valence-corrected chi connectivity index (χ4v) is 1.88. The number of nitrogens with zero attached hydrogens (tertiary/aromatic N) is 1. The van der Waals surface area contributed by atoms with Crippen LogP contribution in [0.15, 0.2) is 12.1 Å². The molecule has 1 atom stereocenters. The van der Waals surface area contributed by atoms with Crippen molar-refractivity contribution in [2.75, 3.05) is 11.4 Å². The van der Waals surface area contributed by atoms with E-state index in [1.54, 1.807) is 0 Å². The molecule has 2 amide bonds. The van der Waals surface area contributed by atoms with Gasteiger partial charge in [-0.1, -0.05) is 6.07 Å². The zero-order valence-corrected chi connectivity index (χ0v) is 9.96. The van der Waals surface area contributed by atoms with E-state index in [1.165, 1.54) is 19.9 Å². The number of hydrogen-bond acceptors (Lipinski definition) is 2. The molecule has 0 saturated carbocycles. The van der Waals surface area contributed by atoms with Gasteiger partial charge in [0.2, 0.25) is 11.8 Å². The first-order valence-corrected chi connectivity index (χ1v) is 5.47. The Morgan fingerprint density at radius 1 is 1.33 bits per heavy atom. The number of halogens is 2. The molecule has 0 aliphatic carbocycles. The summed E-state index contributed by atoms with van der Waals surface area (Å²) in [5.41, 5.74) is -0.237. The number of nitrogens with one attached hydrogen (secondary N) is 1. The number of amides is 2. The summed E-state index contributed by atoms with van der Waals surface area (Å²) in [7, 11) is 0. The van der Waals surface area contributed by atoms with Gasteiger partial charge >= 0.3 is 0 Å². The van der Waals surface area contributed by atoms with E-state index in [1.807, 2.05) is 0 Å². The minimum Gasteiger partial charge on any atom is -0.343 e. The van der Waals surface area contributed by atoms with E-state index >= 15 is 0 Å². The molecule has 0 bridgehead atoms. The molecule has 6 heteroatoms. The monoisotopic (exact) mass is 254 g/mol. The molecule has 1 saturated heterocycles. The van der Waals surface area contributed by atoms with Crippen LogP contribution in [0.25, 0.3) is 0 Å². The molecule has 1 fully saturated rings. The largest absolute Gasteiger partial charge is 0.343 e. The molecule has 0 aromatic heterocycles. The summed E-state index contributed by atoms with van der Waals surface area (Å²) in [6.07, 6.45) is 0. The number of hydrogen-bond donors (Lipinski definition) is 1. The van der Waals surface area contributed by atoms with Crippen molar-refractivity contribution >= 4 is 17.5 Å². The average Bonchev–Trinajstić information content (AvgIpc) is 2.30. The van der Waals surface area contributed by atoms with Gasteiger partial charge in [0, 0.05) is 0 Å². The summed E-state index contributed by atoms with van der Waals surface area (Å²) in [6.45, 7) is 2.56. The minimum absolute atomic E-state index is 0.220. The molecule has 1 aliphatic rings. The van der Waals surface area contributed by atoms with Gasteiger partial charge in [-0.2, -0.15) is 0 Å². The Labute approximate surface area is 103 Å². The molecule has 96 valence electrons. The first-order valence-electron chi connectivity index (χ1n) is 5.47. The molecular weight excluding hydrogens is 242 g/mol. The number of benzene rings is 1. The molecule has 18 heavy (non-hydrogen) atoms. The first kappa shape index (κ1) is 12.5. The number of carbonyl (C=O) groups is 2. The SMILES string of the molecule is Cc1ccc(F)c(N2CC(=O)NC(C)C2=O)c1F. The van der Waals surface area contributed by atoms with Crippen LogP contribution in [0.5, 0.6) is 0 Å². The second-order valence-corrected chi connectivity index (χ2v) is 4.24. The van der Waals surface area contributed by atoms with Crippen molar-refractivity contribution in [2.24, 2.45) is 0 Å². The van der Waals surface area contributed by atoms with Crippen LogP contribution in [0.2, 0.25) is 0 Å². The third-order valence-corrected chi connectivity index (χ3v) is 2.85. The molecule has 1 N–H and O–H groups in total. The second kappa shape index (κ2) is 4.36. The predicted octanol–water partition coefficient (Wildman–Crippen LogP) is 1.12. The van der Waals surface area contributed by atoms with E-state index in [2.05, 4.69) is 5.32 Å². The van der Waals surface area contributed by atoms with Crippen molar-refractivity contribution in [3.63, 3.8) is 0 Å². The Morgan fingerprint density at radius 3 is 2.67 bits per heavy atom. The number of rotatable bonds is 1. The van der Waals surface area contributed by atoms with Gasteiger partial charge in [-0.25, -0.2) is 8.78 Å². The lowest BCUT2D eigenvalue weighted by Crippen LogP contribution is -2.57. The van der Waals surface area contributed by atoms with E-state index < -0.39 is 35.2 Å². The molecule has 0 radical (unpaired) electrons. The van der Waals surface area contributed by atoms with Gasteiger partial charge in [0.25, 0.3) is 0 Å². The second-order valence-electron chi connectivity index (χ2n) is 4.24. The molecule has 4 nitrogen and oxygen atoms in total. The first-order chi connectivity index (χ1) is 8.41. The van der Waals surface area contributed by atoms with Crippen molar-refractivity contribution in [3.05, 3.63) is 29.3 Å². The highest BCUT2D eigenvalue weighted by molar-refractivity contribution is 6.06. The summed E-state index contributed by atoms with van der Waals surface area (Å²) in [6, 6.07) is 1.58. The zero-order valence-electron chi connectivity index (χ0n) is 9.96. The van der Waals surface area contributed by atoms with Gasteiger partial charge in [0.1, 0.15) is 24.1 Å². The van der Waals surface area contributed by atoms with Crippen LogP contribution in [0.1, 0.15) is 12.5 Å². The third kappa shape index (κ3) is 1.94. The van der Waals surface area contributed by atoms with Crippen LogP contribution in [0.3, 0.4) is 0 Å². The Kier molecular flexibility index (Phi) is 3.02. The van der Waals surface area contributed by atoms with Crippen molar-refractivity contribution in [1.82, 2.24) is 5.32 Å². The highest BCUT2D eigenvalue weighted by Gasteiger charge is 2.33. The average molecular weight is 254 g/mol. The molecular formula is C12H12F2N2O2. The summed E-state index contributed by atoms with van der Waals surface area (Å²) in [5, 5.41) is 2.41.